The van der Waals surface area contributed by atoms with Gasteiger partial charge in [0, 0.05) is 16.0 Å². The fraction of sp³-hybridized carbons (Fsp3) is 0.115. The molecule has 5 nitrogen and oxygen atoms in total. The van der Waals surface area contributed by atoms with Crippen molar-refractivity contribution in [2.24, 2.45) is 0 Å². The second kappa shape index (κ2) is 8.44. The molecule has 158 valence electrons. The number of benzene rings is 2. The van der Waals surface area contributed by atoms with Crippen LogP contribution in [-0.4, -0.2) is 23.3 Å². The molecule has 0 atom stereocenters. The summed E-state index contributed by atoms with van der Waals surface area (Å²) in [7, 11) is 0. The van der Waals surface area contributed by atoms with Crippen LogP contribution < -0.4 is 0 Å². The number of fused-ring (bicyclic) bond motifs is 2. The topological polar surface area (TPSA) is 69.4 Å². The molecule has 2 aromatic carbocycles. The monoisotopic (exact) mass is 443 g/mol. The number of Topliss-reactive ketones (excluding diaryl/α,β-unsaturated/α-hetero) is 1. The zero-order chi connectivity index (χ0) is 22.1. The maximum atomic E-state index is 13.2. The molecular formula is C26H18ClNO4. The number of nitrogens with zero attached hydrogens (tertiary/aromatic N) is 1. The van der Waals surface area contributed by atoms with Crippen LogP contribution in [0.1, 0.15) is 44.2 Å². The first-order valence-corrected chi connectivity index (χ1v) is 10.6. The van der Waals surface area contributed by atoms with Crippen molar-refractivity contribution in [2.75, 3.05) is 6.61 Å². The number of ether oxygens (including phenoxy) is 1. The third kappa shape index (κ3) is 3.83. The van der Waals surface area contributed by atoms with Gasteiger partial charge in [0.05, 0.1) is 23.0 Å². The third-order valence-corrected chi connectivity index (χ3v) is 5.76. The molecule has 0 N–H and O–H groups in total. The number of rotatable bonds is 5. The van der Waals surface area contributed by atoms with Gasteiger partial charge in [-0.2, -0.15) is 0 Å². The summed E-state index contributed by atoms with van der Waals surface area (Å²) in [6.45, 7) is -0.346. The Morgan fingerprint density at radius 1 is 1.03 bits per heavy atom. The van der Waals surface area contributed by atoms with Gasteiger partial charge in [0.2, 0.25) is 0 Å². The van der Waals surface area contributed by atoms with Gasteiger partial charge in [-0.05, 0) is 72.5 Å². The molecule has 5 rings (SSSR count). The summed E-state index contributed by atoms with van der Waals surface area (Å²) in [6, 6.07) is 17.7. The Morgan fingerprint density at radius 2 is 1.84 bits per heavy atom. The number of carbonyl (C=O) groups is 2. The summed E-state index contributed by atoms with van der Waals surface area (Å²) in [4.78, 5) is 30.5. The first-order valence-electron chi connectivity index (χ1n) is 10.2. The van der Waals surface area contributed by atoms with Crippen molar-refractivity contribution >= 4 is 45.9 Å². The van der Waals surface area contributed by atoms with Crippen LogP contribution in [0.25, 0.3) is 22.6 Å². The predicted molar refractivity (Wildman–Crippen MR) is 123 cm³/mol. The number of hydrogen-bond donors (Lipinski definition) is 0. The fourth-order valence-electron chi connectivity index (χ4n) is 3.98. The number of esters is 1. The van der Waals surface area contributed by atoms with E-state index in [4.69, 9.17) is 25.7 Å². The van der Waals surface area contributed by atoms with Crippen molar-refractivity contribution in [2.45, 2.75) is 12.8 Å². The van der Waals surface area contributed by atoms with Crippen LogP contribution in [0.5, 0.6) is 0 Å². The largest absolute Gasteiger partial charge is 0.465 e. The van der Waals surface area contributed by atoms with Crippen LogP contribution in [0, 0.1) is 0 Å². The van der Waals surface area contributed by atoms with Gasteiger partial charge in [-0.15, -0.1) is 0 Å². The average Bonchev–Trinajstić information content (AvgIpc) is 3.46. The SMILES string of the molecule is O=C(COC(=O)c1c2c(nc3ccccc13)/C(=C\c1ccco1)CC2)c1ccc(Cl)cc1. The normalized spacial score (nSPS) is 14.0. The lowest BCUT2D eigenvalue weighted by Crippen LogP contribution is -2.16. The van der Waals surface area contributed by atoms with E-state index in [-0.39, 0.29) is 12.4 Å². The maximum absolute atomic E-state index is 13.2. The van der Waals surface area contributed by atoms with E-state index in [1.165, 1.54) is 0 Å². The number of furan rings is 1. The zero-order valence-electron chi connectivity index (χ0n) is 17.0. The van der Waals surface area contributed by atoms with Crippen LogP contribution in [0.3, 0.4) is 0 Å². The van der Waals surface area contributed by atoms with E-state index in [2.05, 4.69) is 0 Å². The van der Waals surface area contributed by atoms with Crippen LogP contribution in [0.15, 0.2) is 71.3 Å². The molecule has 0 unspecified atom stereocenters. The van der Waals surface area contributed by atoms with Crippen molar-refractivity contribution in [1.82, 2.24) is 4.98 Å². The lowest BCUT2D eigenvalue weighted by atomic mass is 10.0. The summed E-state index contributed by atoms with van der Waals surface area (Å²) in [5.41, 5.74) is 4.23. The van der Waals surface area contributed by atoms with E-state index >= 15 is 0 Å². The second-order valence-electron chi connectivity index (χ2n) is 7.52. The highest BCUT2D eigenvalue weighted by Crippen LogP contribution is 2.37. The number of allylic oxidation sites excluding steroid dienone is 1. The summed E-state index contributed by atoms with van der Waals surface area (Å²) < 4.78 is 10.9. The van der Waals surface area contributed by atoms with Gasteiger partial charge in [0.25, 0.3) is 0 Å². The van der Waals surface area contributed by atoms with Gasteiger partial charge in [-0.25, -0.2) is 9.78 Å². The molecule has 2 aromatic heterocycles. The van der Waals surface area contributed by atoms with Gasteiger partial charge in [0.1, 0.15) is 5.76 Å². The van der Waals surface area contributed by atoms with Gasteiger partial charge >= 0.3 is 5.97 Å². The molecule has 0 bridgehead atoms. The third-order valence-electron chi connectivity index (χ3n) is 5.51. The van der Waals surface area contributed by atoms with Crippen molar-refractivity contribution in [1.29, 1.82) is 0 Å². The van der Waals surface area contributed by atoms with E-state index in [1.54, 1.807) is 30.5 Å². The van der Waals surface area contributed by atoms with Crippen LogP contribution >= 0.6 is 11.6 Å². The number of halogens is 1. The molecule has 0 saturated heterocycles. The standard InChI is InChI=1S/C26H18ClNO4/c27-18-10-7-16(8-11-18)23(29)15-32-26(30)24-20-5-1-2-6-22(20)28-25-17(9-12-21(24)25)14-19-4-3-13-31-19/h1-8,10-11,13-14H,9,12,15H2/b17-14-. The molecule has 0 fully saturated rings. The Morgan fingerprint density at radius 3 is 2.62 bits per heavy atom. The molecule has 0 saturated carbocycles. The highest BCUT2D eigenvalue weighted by molar-refractivity contribution is 6.30. The zero-order valence-corrected chi connectivity index (χ0v) is 17.8. The average molecular weight is 444 g/mol. The molecule has 0 spiro atoms. The second-order valence-corrected chi connectivity index (χ2v) is 7.96. The molecule has 1 aliphatic carbocycles. The Kier molecular flexibility index (Phi) is 5.33. The molecule has 6 heteroatoms. The van der Waals surface area contributed by atoms with E-state index in [9.17, 15) is 9.59 Å². The molecule has 2 heterocycles. The minimum Gasteiger partial charge on any atom is -0.465 e. The van der Waals surface area contributed by atoms with E-state index < -0.39 is 5.97 Å². The lowest BCUT2D eigenvalue weighted by molar-refractivity contribution is 0.0475. The van der Waals surface area contributed by atoms with E-state index in [0.717, 1.165) is 34.4 Å². The highest BCUT2D eigenvalue weighted by Gasteiger charge is 2.28. The van der Waals surface area contributed by atoms with Crippen LogP contribution in [0.2, 0.25) is 5.02 Å². The molecule has 0 amide bonds. The predicted octanol–water partition coefficient (Wildman–Crippen LogP) is 6.01. The van der Waals surface area contributed by atoms with Crippen molar-refractivity contribution in [3.63, 3.8) is 0 Å². The van der Waals surface area contributed by atoms with Crippen LogP contribution in [0.4, 0.5) is 0 Å². The number of aromatic nitrogens is 1. The van der Waals surface area contributed by atoms with Crippen LogP contribution in [-0.2, 0) is 11.2 Å². The first kappa shape index (κ1) is 20.2. The molecule has 32 heavy (non-hydrogen) atoms. The smallest absolute Gasteiger partial charge is 0.339 e. The molecule has 4 aromatic rings. The Labute approximate surface area is 189 Å². The van der Waals surface area contributed by atoms with Gasteiger partial charge in [-0.3, -0.25) is 4.79 Å². The number of hydrogen-bond acceptors (Lipinski definition) is 5. The Bertz CT molecular complexity index is 1350. The number of ketones is 1. The van der Waals surface area contributed by atoms with E-state index in [1.807, 2.05) is 42.5 Å². The summed E-state index contributed by atoms with van der Waals surface area (Å²) in [5, 5.41) is 1.25. The molecule has 0 radical (unpaired) electrons. The summed E-state index contributed by atoms with van der Waals surface area (Å²) in [6.07, 6.45) is 4.97. The summed E-state index contributed by atoms with van der Waals surface area (Å²) in [5.74, 6) is -0.0784. The lowest BCUT2D eigenvalue weighted by Gasteiger charge is -2.12. The highest BCUT2D eigenvalue weighted by atomic mass is 35.5. The quantitative estimate of drug-likeness (QED) is 0.279. The van der Waals surface area contributed by atoms with Crippen molar-refractivity contribution < 1.29 is 18.7 Å². The molecule has 1 aliphatic rings. The maximum Gasteiger partial charge on any atom is 0.339 e. The molecular weight excluding hydrogens is 426 g/mol. The van der Waals surface area contributed by atoms with Gasteiger partial charge in [0.15, 0.2) is 12.4 Å². The fourth-order valence-corrected chi connectivity index (χ4v) is 4.11. The minimum atomic E-state index is -0.526. The van der Waals surface area contributed by atoms with E-state index in [0.29, 0.717) is 28.1 Å². The van der Waals surface area contributed by atoms with Crippen molar-refractivity contribution in [3.8, 4) is 0 Å². The number of carbonyl (C=O) groups excluding carboxylic acids is 2. The first-order chi connectivity index (χ1) is 15.6. The van der Waals surface area contributed by atoms with Crippen molar-refractivity contribution in [3.05, 3.63) is 100 Å². The number of para-hydroxylation sites is 1. The Hall–Kier alpha value is -3.70. The number of pyridine rings is 1. The van der Waals surface area contributed by atoms with Gasteiger partial charge in [-0.1, -0.05) is 29.8 Å². The Balaban J connectivity index is 1.49. The summed E-state index contributed by atoms with van der Waals surface area (Å²) >= 11 is 5.88. The van der Waals surface area contributed by atoms with Gasteiger partial charge < -0.3 is 9.15 Å². The minimum absolute atomic E-state index is 0.288. The molecule has 0 aliphatic heterocycles.